The minimum absolute atomic E-state index is 0.106. The van der Waals surface area contributed by atoms with Gasteiger partial charge in [0.05, 0.1) is 11.3 Å². The lowest BCUT2D eigenvalue weighted by molar-refractivity contribution is -0.110. The minimum Gasteiger partial charge on any atom is -0.350 e. The predicted molar refractivity (Wildman–Crippen MR) is 82.9 cm³/mol. The first-order valence-corrected chi connectivity index (χ1v) is 6.64. The number of hydrogen-bond acceptors (Lipinski definition) is 2. The molecule has 0 aliphatic carbocycles. The van der Waals surface area contributed by atoms with E-state index < -0.39 is 0 Å². The van der Waals surface area contributed by atoms with Crippen molar-refractivity contribution in [3.63, 3.8) is 0 Å². The number of carbonyl (C=O) groups excluding carboxylic acids is 1. The van der Waals surface area contributed by atoms with Crippen molar-refractivity contribution >= 4 is 34.5 Å². The molecule has 4 heteroatoms. The fraction of sp³-hybridized carbons (Fsp3) is 0.0625. The number of para-hydroxylation sites is 1. The lowest BCUT2D eigenvalue weighted by Crippen LogP contribution is -2.12. The number of carbonyl (C=O) groups is 1. The van der Waals surface area contributed by atoms with Crippen LogP contribution in [0.4, 0.5) is 11.4 Å². The molecule has 3 nitrogen and oxygen atoms in total. The largest absolute Gasteiger partial charge is 0.350 e. The molecule has 0 spiro atoms. The normalized spacial score (nSPS) is 15.1. The third-order valence-corrected chi connectivity index (χ3v) is 3.49. The zero-order valence-corrected chi connectivity index (χ0v) is 11.7. The van der Waals surface area contributed by atoms with Gasteiger partial charge in [-0.25, -0.2) is 0 Å². The predicted octanol–water partition coefficient (Wildman–Crippen LogP) is 3.77. The van der Waals surface area contributed by atoms with E-state index in [9.17, 15) is 4.79 Å². The molecule has 0 unspecified atom stereocenters. The highest BCUT2D eigenvalue weighted by Crippen LogP contribution is 2.34. The summed E-state index contributed by atoms with van der Waals surface area (Å²) in [5.41, 5.74) is 3.30. The van der Waals surface area contributed by atoms with Crippen molar-refractivity contribution in [2.45, 2.75) is 0 Å². The van der Waals surface area contributed by atoms with Crippen molar-refractivity contribution in [1.29, 1.82) is 0 Å². The van der Waals surface area contributed by atoms with E-state index in [1.165, 1.54) is 0 Å². The summed E-state index contributed by atoms with van der Waals surface area (Å²) in [5.74, 6) is -0.106. The van der Waals surface area contributed by atoms with Gasteiger partial charge in [-0.3, -0.25) is 4.79 Å². The summed E-state index contributed by atoms with van der Waals surface area (Å²) >= 11 is 5.94. The van der Waals surface area contributed by atoms with Crippen LogP contribution in [0.5, 0.6) is 0 Å². The van der Waals surface area contributed by atoms with Crippen LogP contribution in [-0.4, -0.2) is 13.0 Å². The van der Waals surface area contributed by atoms with E-state index in [1.807, 2.05) is 54.5 Å². The summed E-state index contributed by atoms with van der Waals surface area (Å²) in [5, 5.41) is 3.44. The average Bonchev–Trinajstić information content (AvgIpc) is 2.75. The molecule has 1 heterocycles. The molecule has 0 fully saturated rings. The average molecular weight is 285 g/mol. The second-order valence-corrected chi connectivity index (χ2v) is 5.07. The fourth-order valence-electron chi connectivity index (χ4n) is 2.23. The summed E-state index contributed by atoms with van der Waals surface area (Å²) < 4.78 is 0. The number of fused-ring (bicyclic) bond motifs is 1. The number of anilines is 2. The molecule has 3 rings (SSSR count). The fourth-order valence-corrected chi connectivity index (χ4v) is 2.40. The summed E-state index contributed by atoms with van der Waals surface area (Å²) in [4.78, 5) is 14.0. The molecule has 2 aromatic carbocycles. The maximum atomic E-state index is 12.1. The lowest BCUT2D eigenvalue weighted by atomic mass is 10.1. The van der Waals surface area contributed by atoms with Gasteiger partial charge in [0.1, 0.15) is 0 Å². The zero-order chi connectivity index (χ0) is 14.1. The molecule has 0 radical (unpaired) electrons. The first-order chi connectivity index (χ1) is 9.65. The van der Waals surface area contributed by atoms with E-state index in [-0.39, 0.29) is 5.91 Å². The van der Waals surface area contributed by atoms with Gasteiger partial charge in [-0.05, 0) is 24.3 Å². The lowest BCUT2D eigenvalue weighted by Gasteiger charge is -2.14. The third-order valence-electron chi connectivity index (χ3n) is 3.25. The van der Waals surface area contributed by atoms with Crippen molar-refractivity contribution in [3.8, 4) is 0 Å². The van der Waals surface area contributed by atoms with Crippen LogP contribution in [0.15, 0.2) is 54.7 Å². The van der Waals surface area contributed by atoms with Crippen LogP contribution in [0.3, 0.4) is 0 Å². The Hall–Kier alpha value is -2.26. The number of rotatable bonds is 2. The highest BCUT2D eigenvalue weighted by atomic mass is 35.5. The second kappa shape index (κ2) is 5.02. The Bertz CT molecular complexity index is 695. The van der Waals surface area contributed by atoms with Gasteiger partial charge in [0, 0.05) is 29.5 Å². The molecule has 0 bridgehead atoms. The van der Waals surface area contributed by atoms with Gasteiger partial charge in [-0.15, -0.1) is 0 Å². The SMILES string of the molecule is CN(/C=C1/C(=O)Nc2cc(Cl)ccc21)c1ccccc1. The highest BCUT2D eigenvalue weighted by molar-refractivity contribution is 6.34. The number of benzene rings is 2. The summed E-state index contributed by atoms with van der Waals surface area (Å²) in [7, 11) is 1.92. The monoisotopic (exact) mass is 284 g/mol. The standard InChI is InChI=1S/C16H13ClN2O/c1-19(12-5-3-2-4-6-12)10-14-13-8-7-11(17)9-15(13)18-16(14)20/h2-10H,1H3,(H,18,20)/b14-10+. The molecular weight excluding hydrogens is 272 g/mol. The number of nitrogens with one attached hydrogen (secondary N) is 1. The number of nitrogens with zero attached hydrogens (tertiary/aromatic N) is 1. The molecule has 0 saturated heterocycles. The molecule has 1 aliphatic rings. The molecule has 1 aliphatic heterocycles. The smallest absolute Gasteiger partial charge is 0.257 e. The number of halogens is 1. The van der Waals surface area contributed by atoms with Crippen LogP contribution in [0.25, 0.3) is 5.57 Å². The Morgan fingerprint density at radius 3 is 2.65 bits per heavy atom. The van der Waals surface area contributed by atoms with Gasteiger partial charge in [-0.2, -0.15) is 0 Å². The second-order valence-electron chi connectivity index (χ2n) is 4.63. The van der Waals surface area contributed by atoms with Crippen molar-refractivity contribution in [1.82, 2.24) is 0 Å². The maximum absolute atomic E-state index is 12.1. The molecule has 0 atom stereocenters. The van der Waals surface area contributed by atoms with Crippen molar-refractivity contribution in [2.75, 3.05) is 17.3 Å². The Morgan fingerprint density at radius 1 is 1.15 bits per heavy atom. The summed E-state index contributed by atoms with van der Waals surface area (Å²) in [6.45, 7) is 0. The van der Waals surface area contributed by atoms with Gasteiger partial charge in [-0.1, -0.05) is 35.9 Å². The molecule has 20 heavy (non-hydrogen) atoms. The molecule has 1 N–H and O–H groups in total. The maximum Gasteiger partial charge on any atom is 0.257 e. The van der Waals surface area contributed by atoms with Crippen LogP contribution < -0.4 is 10.2 Å². The van der Waals surface area contributed by atoms with E-state index in [0.29, 0.717) is 10.6 Å². The Kier molecular flexibility index (Phi) is 3.20. The van der Waals surface area contributed by atoms with Gasteiger partial charge in [0.15, 0.2) is 0 Å². The molecular formula is C16H13ClN2O. The minimum atomic E-state index is -0.106. The Morgan fingerprint density at radius 2 is 1.90 bits per heavy atom. The zero-order valence-electron chi connectivity index (χ0n) is 10.9. The molecule has 2 aromatic rings. The van der Waals surface area contributed by atoms with Crippen molar-refractivity contribution in [2.24, 2.45) is 0 Å². The number of amides is 1. The van der Waals surface area contributed by atoms with E-state index in [1.54, 1.807) is 12.1 Å². The molecule has 100 valence electrons. The van der Waals surface area contributed by atoms with Gasteiger partial charge >= 0.3 is 0 Å². The van der Waals surface area contributed by atoms with Crippen LogP contribution in [-0.2, 0) is 4.79 Å². The Balaban J connectivity index is 1.99. The van der Waals surface area contributed by atoms with E-state index >= 15 is 0 Å². The van der Waals surface area contributed by atoms with Crippen molar-refractivity contribution < 1.29 is 4.79 Å². The summed E-state index contributed by atoms with van der Waals surface area (Å²) in [6.07, 6.45) is 1.84. The van der Waals surface area contributed by atoms with E-state index in [2.05, 4.69) is 5.32 Å². The van der Waals surface area contributed by atoms with E-state index in [4.69, 9.17) is 11.6 Å². The highest BCUT2D eigenvalue weighted by Gasteiger charge is 2.24. The Labute approximate surface area is 122 Å². The first kappa shape index (κ1) is 12.8. The van der Waals surface area contributed by atoms with Crippen LogP contribution >= 0.6 is 11.6 Å². The van der Waals surface area contributed by atoms with Crippen LogP contribution in [0.1, 0.15) is 5.56 Å². The van der Waals surface area contributed by atoms with Crippen LogP contribution in [0, 0.1) is 0 Å². The van der Waals surface area contributed by atoms with Gasteiger partial charge in [0.25, 0.3) is 5.91 Å². The third kappa shape index (κ3) is 2.28. The topological polar surface area (TPSA) is 32.3 Å². The van der Waals surface area contributed by atoms with Crippen molar-refractivity contribution in [3.05, 3.63) is 65.3 Å². The van der Waals surface area contributed by atoms with Crippen LogP contribution in [0.2, 0.25) is 5.02 Å². The molecule has 0 aromatic heterocycles. The quantitative estimate of drug-likeness (QED) is 0.852. The number of hydrogen-bond donors (Lipinski definition) is 1. The van der Waals surface area contributed by atoms with E-state index in [0.717, 1.165) is 16.9 Å². The van der Waals surface area contributed by atoms with Gasteiger partial charge in [0.2, 0.25) is 0 Å². The summed E-state index contributed by atoms with van der Waals surface area (Å²) in [6, 6.07) is 15.3. The van der Waals surface area contributed by atoms with Gasteiger partial charge < -0.3 is 10.2 Å². The molecule has 1 amide bonds. The first-order valence-electron chi connectivity index (χ1n) is 6.26. The molecule has 0 saturated carbocycles.